The number of rotatable bonds is 8. The molecule has 4 heteroatoms. The minimum Gasteiger partial charge on any atom is -0.493 e. The first-order valence-electron chi connectivity index (χ1n) is 6.73. The van der Waals surface area contributed by atoms with E-state index in [1.807, 2.05) is 0 Å². The van der Waals surface area contributed by atoms with Crippen LogP contribution in [0, 0.1) is 0 Å². The Labute approximate surface area is 115 Å². The highest BCUT2D eigenvalue weighted by Crippen LogP contribution is 2.30. The third-order valence-electron chi connectivity index (χ3n) is 2.96. The molecule has 19 heavy (non-hydrogen) atoms. The predicted molar refractivity (Wildman–Crippen MR) is 76.0 cm³/mol. The van der Waals surface area contributed by atoms with Crippen LogP contribution < -0.4 is 14.8 Å². The van der Waals surface area contributed by atoms with Crippen molar-refractivity contribution in [3.8, 4) is 11.5 Å². The Morgan fingerprint density at radius 3 is 2.58 bits per heavy atom. The monoisotopic (exact) mass is 265 g/mol. The van der Waals surface area contributed by atoms with E-state index in [0.717, 1.165) is 12.8 Å². The molecule has 1 rings (SSSR count). The molecule has 1 N–H and O–H groups in total. The fourth-order valence-corrected chi connectivity index (χ4v) is 1.91. The summed E-state index contributed by atoms with van der Waals surface area (Å²) in [5.74, 6) is 0.935. The Hall–Kier alpha value is -1.71. The number of nitrogens with one attached hydrogen (secondary N) is 1. The maximum absolute atomic E-state index is 12.1. The number of methoxy groups -OCH3 is 2. The molecule has 0 aliphatic carbocycles. The second kappa shape index (κ2) is 8.40. The Morgan fingerprint density at radius 1 is 1.16 bits per heavy atom. The van der Waals surface area contributed by atoms with E-state index in [2.05, 4.69) is 12.2 Å². The van der Waals surface area contributed by atoms with Gasteiger partial charge in [0, 0.05) is 6.54 Å². The van der Waals surface area contributed by atoms with Crippen LogP contribution in [0.4, 0.5) is 0 Å². The van der Waals surface area contributed by atoms with Crippen LogP contribution in [0.25, 0.3) is 0 Å². The van der Waals surface area contributed by atoms with Gasteiger partial charge in [0.1, 0.15) is 0 Å². The van der Waals surface area contributed by atoms with Crippen LogP contribution in [0.3, 0.4) is 0 Å². The molecular formula is C15H23NO3. The van der Waals surface area contributed by atoms with Gasteiger partial charge in [-0.2, -0.15) is 0 Å². The first-order chi connectivity index (χ1) is 9.24. The van der Waals surface area contributed by atoms with Crippen molar-refractivity contribution in [1.29, 1.82) is 0 Å². The number of hydrogen-bond donors (Lipinski definition) is 1. The first-order valence-corrected chi connectivity index (χ1v) is 6.73. The van der Waals surface area contributed by atoms with Crippen molar-refractivity contribution < 1.29 is 14.3 Å². The van der Waals surface area contributed by atoms with E-state index in [9.17, 15) is 4.79 Å². The number of unbranched alkanes of at least 4 members (excludes halogenated alkanes) is 3. The molecule has 106 valence electrons. The van der Waals surface area contributed by atoms with Crippen LogP contribution in [-0.2, 0) is 0 Å². The quantitative estimate of drug-likeness (QED) is 0.735. The molecule has 0 saturated heterocycles. The van der Waals surface area contributed by atoms with Gasteiger partial charge in [-0.25, -0.2) is 0 Å². The highest BCUT2D eigenvalue weighted by atomic mass is 16.5. The Kier molecular flexibility index (Phi) is 6.79. The third kappa shape index (κ3) is 4.47. The molecule has 0 aliphatic heterocycles. The summed E-state index contributed by atoms with van der Waals surface area (Å²) in [7, 11) is 3.10. The topological polar surface area (TPSA) is 47.6 Å². The lowest BCUT2D eigenvalue weighted by Crippen LogP contribution is -2.25. The van der Waals surface area contributed by atoms with E-state index in [-0.39, 0.29) is 5.91 Å². The van der Waals surface area contributed by atoms with Gasteiger partial charge in [-0.15, -0.1) is 0 Å². The van der Waals surface area contributed by atoms with Crippen molar-refractivity contribution in [1.82, 2.24) is 5.32 Å². The minimum atomic E-state index is -0.118. The molecule has 1 aromatic rings. The molecule has 1 aromatic carbocycles. The molecule has 0 bridgehead atoms. The van der Waals surface area contributed by atoms with Crippen molar-refractivity contribution in [2.24, 2.45) is 0 Å². The van der Waals surface area contributed by atoms with E-state index in [1.165, 1.54) is 20.0 Å². The molecule has 0 spiro atoms. The van der Waals surface area contributed by atoms with E-state index < -0.39 is 0 Å². The van der Waals surface area contributed by atoms with Crippen molar-refractivity contribution in [3.63, 3.8) is 0 Å². The summed E-state index contributed by atoms with van der Waals surface area (Å²) in [6.07, 6.45) is 4.55. The second-order valence-electron chi connectivity index (χ2n) is 4.36. The zero-order valence-corrected chi connectivity index (χ0v) is 12.0. The zero-order chi connectivity index (χ0) is 14.1. The molecule has 0 atom stereocenters. The maximum Gasteiger partial charge on any atom is 0.255 e. The number of para-hydroxylation sites is 1. The lowest BCUT2D eigenvalue weighted by Gasteiger charge is -2.12. The summed E-state index contributed by atoms with van der Waals surface area (Å²) in [4.78, 5) is 12.1. The summed E-state index contributed by atoms with van der Waals surface area (Å²) in [5, 5.41) is 2.91. The predicted octanol–water partition coefficient (Wildman–Crippen LogP) is 3.01. The van der Waals surface area contributed by atoms with Crippen LogP contribution >= 0.6 is 0 Å². The first kappa shape index (κ1) is 15.3. The molecule has 4 nitrogen and oxygen atoms in total. The molecule has 0 unspecified atom stereocenters. The van der Waals surface area contributed by atoms with Gasteiger partial charge in [-0.3, -0.25) is 4.79 Å². The van der Waals surface area contributed by atoms with E-state index in [4.69, 9.17) is 9.47 Å². The average molecular weight is 265 g/mol. The van der Waals surface area contributed by atoms with Crippen LogP contribution in [0.1, 0.15) is 43.0 Å². The number of ether oxygens (including phenoxy) is 2. The van der Waals surface area contributed by atoms with Crippen LogP contribution in [-0.4, -0.2) is 26.7 Å². The SMILES string of the molecule is CCCCCCNC(=O)c1cccc(OC)c1OC. The molecule has 0 fully saturated rings. The van der Waals surface area contributed by atoms with Gasteiger partial charge in [-0.1, -0.05) is 32.3 Å². The van der Waals surface area contributed by atoms with Gasteiger partial charge >= 0.3 is 0 Å². The normalized spacial score (nSPS) is 10.1. The van der Waals surface area contributed by atoms with Gasteiger partial charge in [-0.05, 0) is 18.6 Å². The van der Waals surface area contributed by atoms with Crippen molar-refractivity contribution in [2.45, 2.75) is 32.6 Å². The summed E-state index contributed by atoms with van der Waals surface area (Å²) in [5.41, 5.74) is 0.511. The number of benzene rings is 1. The van der Waals surface area contributed by atoms with Crippen molar-refractivity contribution in [3.05, 3.63) is 23.8 Å². The fraction of sp³-hybridized carbons (Fsp3) is 0.533. The highest BCUT2D eigenvalue weighted by Gasteiger charge is 2.15. The summed E-state index contributed by atoms with van der Waals surface area (Å²) in [6.45, 7) is 2.86. The highest BCUT2D eigenvalue weighted by molar-refractivity contribution is 5.97. The standard InChI is InChI=1S/C15H23NO3/c1-4-5-6-7-11-16-15(17)12-9-8-10-13(18-2)14(12)19-3/h8-10H,4-7,11H2,1-3H3,(H,16,17). The summed E-state index contributed by atoms with van der Waals surface area (Å²) in [6, 6.07) is 5.30. The number of amides is 1. The van der Waals surface area contributed by atoms with Gasteiger partial charge < -0.3 is 14.8 Å². The van der Waals surface area contributed by atoms with E-state index in [1.54, 1.807) is 25.3 Å². The zero-order valence-electron chi connectivity index (χ0n) is 12.0. The number of carbonyl (C=O) groups is 1. The van der Waals surface area contributed by atoms with Crippen molar-refractivity contribution >= 4 is 5.91 Å². The van der Waals surface area contributed by atoms with Crippen LogP contribution in [0.5, 0.6) is 11.5 Å². The molecule has 0 heterocycles. The molecular weight excluding hydrogens is 242 g/mol. The van der Waals surface area contributed by atoms with Crippen molar-refractivity contribution in [2.75, 3.05) is 20.8 Å². The minimum absolute atomic E-state index is 0.118. The number of carbonyl (C=O) groups excluding carboxylic acids is 1. The van der Waals surface area contributed by atoms with E-state index in [0.29, 0.717) is 23.6 Å². The smallest absolute Gasteiger partial charge is 0.255 e. The van der Waals surface area contributed by atoms with Gasteiger partial charge in [0.15, 0.2) is 11.5 Å². The Bertz CT molecular complexity index is 404. The number of hydrogen-bond acceptors (Lipinski definition) is 3. The molecule has 0 radical (unpaired) electrons. The lowest BCUT2D eigenvalue weighted by atomic mass is 10.1. The van der Waals surface area contributed by atoms with Crippen LogP contribution in [0.2, 0.25) is 0 Å². The summed E-state index contributed by atoms with van der Waals surface area (Å²) >= 11 is 0. The van der Waals surface area contributed by atoms with Gasteiger partial charge in [0.25, 0.3) is 5.91 Å². The van der Waals surface area contributed by atoms with Gasteiger partial charge in [0.05, 0.1) is 19.8 Å². The molecule has 0 saturated carbocycles. The Morgan fingerprint density at radius 2 is 1.95 bits per heavy atom. The molecule has 0 aliphatic rings. The lowest BCUT2D eigenvalue weighted by molar-refractivity contribution is 0.0949. The molecule has 0 aromatic heterocycles. The molecule has 1 amide bonds. The third-order valence-corrected chi connectivity index (χ3v) is 2.96. The largest absolute Gasteiger partial charge is 0.493 e. The van der Waals surface area contributed by atoms with Gasteiger partial charge in [0.2, 0.25) is 0 Å². The Balaban J connectivity index is 2.61. The van der Waals surface area contributed by atoms with E-state index >= 15 is 0 Å². The second-order valence-corrected chi connectivity index (χ2v) is 4.36. The van der Waals surface area contributed by atoms with Crippen LogP contribution in [0.15, 0.2) is 18.2 Å². The maximum atomic E-state index is 12.1. The summed E-state index contributed by atoms with van der Waals surface area (Å²) < 4.78 is 10.4. The fourth-order valence-electron chi connectivity index (χ4n) is 1.91. The average Bonchev–Trinajstić information content (AvgIpc) is 2.45.